The third kappa shape index (κ3) is 7.07. The number of carboxylic acid groups (broad SMARTS) is 1. The van der Waals surface area contributed by atoms with Gasteiger partial charge in [0.25, 0.3) is 5.91 Å². The second kappa shape index (κ2) is 13.8. The molecule has 10 heteroatoms. The van der Waals surface area contributed by atoms with Gasteiger partial charge in [-0.1, -0.05) is 36.4 Å². The van der Waals surface area contributed by atoms with Gasteiger partial charge in [0.2, 0.25) is 5.91 Å². The molecule has 3 aromatic carbocycles. The molecule has 47 heavy (non-hydrogen) atoms. The summed E-state index contributed by atoms with van der Waals surface area (Å²) in [7, 11) is 0. The van der Waals surface area contributed by atoms with Crippen molar-refractivity contribution in [1.82, 2.24) is 15.1 Å². The zero-order valence-corrected chi connectivity index (χ0v) is 26.7. The predicted molar refractivity (Wildman–Crippen MR) is 178 cm³/mol. The lowest BCUT2D eigenvalue weighted by molar-refractivity contribution is -0.139. The molecule has 0 bridgehead atoms. The number of ether oxygens (including phenoxy) is 1. The highest BCUT2D eigenvalue weighted by Gasteiger charge is 2.47. The van der Waals surface area contributed by atoms with Crippen molar-refractivity contribution in [1.29, 1.82) is 0 Å². The van der Waals surface area contributed by atoms with E-state index >= 15 is 0 Å². The molecule has 1 saturated carbocycles. The number of carbonyl (C=O) groups is 3. The van der Waals surface area contributed by atoms with E-state index in [2.05, 4.69) is 29.5 Å². The SMILES string of the molecule is Cc1cccc(OCCCC(=O)N2C[C@@H]3C[C@@H]3c3c(-c4cnn(Cc5cccc(C(=O)N[C@@H](CCO)C(=O)O)c5)c4)cccc32)c1C. The van der Waals surface area contributed by atoms with Gasteiger partial charge in [-0.25, -0.2) is 4.79 Å². The second-order valence-electron chi connectivity index (χ2n) is 12.5. The summed E-state index contributed by atoms with van der Waals surface area (Å²) in [6.07, 6.45) is 5.86. The summed E-state index contributed by atoms with van der Waals surface area (Å²) in [5.41, 5.74) is 7.70. The maximum absolute atomic E-state index is 13.5. The van der Waals surface area contributed by atoms with Crippen molar-refractivity contribution in [2.45, 2.75) is 58.0 Å². The fraction of sp³-hybridized carbons (Fsp3) is 0.351. The molecule has 1 aliphatic heterocycles. The number of hydrogen-bond donors (Lipinski definition) is 3. The van der Waals surface area contributed by atoms with Crippen LogP contribution in [-0.4, -0.2) is 63.6 Å². The smallest absolute Gasteiger partial charge is 0.326 e. The molecule has 1 aromatic heterocycles. The van der Waals surface area contributed by atoms with Crippen LogP contribution in [0, 0.1) is 19.8 Å². The number of aliphatic hydroxyl groups excluding tert-OH is 1. The van der Waals surface area contributed by atoms with Crippen molar-refractivity contribution in [3.8, 4) is 16.9 Å². The average molecular weight is 637 g/mol. The minimum Gasteiger partial charge on any atom is -0.493 e. The van der Waals surface area contributed by atoms with Gasteiger partial charge in [0, 0.05) is 49.0 Å². The van der Waals surface area contributed by atoms with E-state index in [1.807, 2.05) is 59.2 Å². The van der Waals surface area contributed by atoms with Gasteiger partial charge in [0.05, 0.1) is 19.3 Å². The highest BCUT2D eigenvalue weighted by Crippen LogP contribution is 2.57. The Morgan fingerprint density at radius 3 is 2.70 bits per heavy atom. The predicted octanol–water partition coefficient (Wildman–Crippen LogP) is 5.09. The third-order valence-corrected chi connectivity index (χ3v) is 9.23. The number of hydrogen-bond acceptors (Lipinski definition) is 6. The highest BCUT2D eigenvalue weighted by atomic mass is 16.5. The van der Waals surface area contributed by atoms with E-state index in [9.17, 15) is 19.5 Å². The molecule has 10 nitrogen and oxygen atoms in total. The Balaban J connectivity index is 1.13. The Morgan fingerprint density at radius 2 is 1.89 bits per heavy atom. The lowest BCUT2D eigenvalue weighted by atomic mass is 9.92. The highest BCUT2D eigenvalue weighted by molar-refractivity contribution is 5.97. The Labute approximate surface area is 274 Å². The fourth-order valence-electron chi connectivity index (χ4n) is 6.44. The maximum atomic E-state index is 13.5. The summed E-state index contributed by atoms with van der Waals surface area (Å²) in [5, 5.41) is 25.5. The number of rotatable bonds is 13. The molecule has 3 atom stereocenters. The number of carboxylic acids is 1. The van der Waals surface area contributed by atoms with E-state index in [0.29, 0.717) is 43.4 Å². The van der Waals surface area contributed by atoms with Gasteiger partial charge in [0.15, 0.2) is 0 Å². The van der Waals surface area contributed by atoms with Gasteiger partial charge >= 0.3 is 5.97 Å². The van der Waals surface area contributed by atoms with Crippen molar-refractivity contribution >= 4 is 23.5 Å². The number of fused-ring (bicyclic) bond motifs is 3. The standard InChI is InChI=1S/C37H40N4O6/c1-23-7-3-12-33(24(23)2)47-16-6-13-34(43)41-22-27-18-30(27)35-29(10-5-11-32(35)41)28-19-38-40(21-28)20-25-8-4-9-26(17-25)36(44)39-31(14-15-42)37(45)46/h3-5,7-12,17,19,21,27,30-31,42H,6,13-16,18,20,22H2,1-2H3,(H,39,44)(H,45,46)/t27-,30-,31-/m0/s1. The first-order valence-corrected chi connectivity index (χ1v) is 16.1. The Kier molecular flexibility index (Phi) is 9.40. The zero-order valence-electron chi connectivity index (χ0n) is 26.7. The maximum Gasteiger partial charge on any atom is 0.326 e. The molecule has 1 aliphatic carbocycles. The average Bonchev–Trinajstić information content (AvgIpc) is 3.72. The quantitative estimate of drug-likeness (QED) is 0.174. The first kappa shape index (κ1) is 32.0. The Bertz CT molecular complexity index is 1800. The summed E-state index contributed by atoms with van der Waals surface area (Å²) < 4.78 is 7.81. The van der Waals surface area contributed by atoms with E-state index in [0.717, 1.165) is 46.7 Å². The molecular formula is C37H40N4O6. The van der Waals surface area contributed by atoms with E-state index in [-0.39, 0.29) is 18.9 Å². The van der Waals surface area contributed by atoms with Gasteiger partial charge in [-0.2, -0.15) is 5.10 Å². The molecule has 2 amide bonds. The molecule has 2 heterocycles. The molecule has 0 saturated heterocycles. The first-order valence-electron chi connectivity index (χ1n) is 16.1. The topological polar surface area (TPSA) is 134 Å². The number of anilines is 1. The van der Waals surface area contributed by atoms with Crippen LogP contribution in [0.2, 0.25) is 0 Å². The molecule has 0 unspecified atom stereocenters. The van der Waals surface area contributed by atoms with Crippen molar-refractivity contribution in [2.24, 2.45) is 5.92 Å². The molecule has 0 spiro atoms. The number of nitrogens with zero attached hydrogens (tertiary/aromatic N) is 3. The first-order chi connectivity index (χ1) is 22.7. The van der Waals surface area contributed by atoms with Crippen LogP contribution in [0.5, 0.6) is 5.75 Å². The van der Waals surface area contributed by atoms with Gasteiger partial charge in [-0.15, -0.1) is 0 Å². The number of amides is 2. The van der Waals surface area contributed by atoms with E-state index in [4.69, 9.17) is 9.84 Å². The van der Waals surface area contributed by atoms with Crippen LogP contribution in [0.1, 0.15) is 64.2 Å². The number of nitrogens with one attached hydrogen (secondary N) is 1. The largest absolute Gasteiger partial charge is 0.493 e. The normalized spacial score (nSPS) is 17.0. The summed E-state index contributed by atoms with van der Waals surface area (Å²) in [6, 6.07) is 18.0. The van der Waals surface area contributed by atoms with Gasteiger partial charge in [-0.3, -0.25) is 14.3 Å². The zero-order chi connectivity index (χ0) is 33.1. The van der Waals surface area contributed by atoms with Crippen LogP contribution in [-0.2, 0) is 16.1 Å². The van der Waals surface area contributed by atoms with Crippen LogP contribution in [0.15, 0.2) is 73.1 Å². The molecule has 3 N–H and O–H groups in total. The number of benzene rings is 3. The minimum atomic E-state index is -1.20. The van der Waals surface area contributed by atoms with Gasteiger partial charge in [-0.05, 0) is 90.6 Å². The van der Waals surface area contributed by atoms with Crippen LogP contribution < -0.4 is 15.0 Å². The summed E-state index contributed by atoms with van der Waals surface area (Å²) in [6.45, 7) is 5.42. The summed E-state index contributed by atoms with van der Waals surface area (Å²) >= 11 is 0. The van der Waals surface area contributed by atoms with Crippen molar-refractivity contribution in [3.05, 3.63) is 101 Å². The summed E-state index contributed by atoms with van der Waals surface area (Å²) in [4.78, 5) is 39.6. The molecule has 4 aromatic rings. The second-order valence-corrected chi connectivity index (χ2v) is 12.5. The molecule has 1 fully saturated rings. The number of carbonyl (C=O) groups excluding carboxylic acids is 2. The van der Waals surface area contributed by atoms with Crippen LogP contribution in [0.4, 0.5) is 5.69 Å². The van der Waals surface area contributed by atoms with E-state index in [1.165, 1.54) is 11.1 Å². The van der Waals surface area contributed by atoms with Crippen molar-refractivity contribution < 1.29 is 29.3 Å². The molecule has 6 rings (SSSR count). The fourth-order valence-corrected chi connectivity index (χ4v) is 6.44. The molecular weight excluding hydrogens is 596 g/mol. The lowest BCUT2D eigenvalue weighted by Gasteiger charge is -2.30. The van der Waals surface area contributed by atoms with Gasteiger partial charge < -0.3 is 25.2 Å². The third-order valence-electron chi connectivity index (χ3n) is 9.23. The lowest BCUT2D eigenvalue weighted by Crippen LogP contribution is -2.41. The minimum absolute atomic E-state index is 0.0727. The number of aliphatic carboxylic acids is 1. The van der Waals surface area contributed by atoms with Gasteiger partial charge in [0.1, 0.15) is 11.8 Å². The van der Waals surface area contributed by atoms with Crippen LogP contribution in [0.3, 0.4) is 0 Å². The molecule has 0 radical (unpaired) electrons. The number of aryl methyl sites for hydroxylation is 1. The van der Waals surface area contributed by atoms with Crippen LogP contribution in [0.25, 0.3) is 11.1 Å². The number of aromatic nitrogens is 2. The van der Waals surface area contributed by atoms with Crippen LogP contribution >= 0.6 is 0 Å². The van der Waals surface area contributed by atoms with Crippen molar-refractivity contribution in [2.75, 3.05) is 24.7 Å². The monoisotopic (exact) mass is 636 g/mol. The summed E-state index contributed by atoms with van der Waals surface area (Å²) in [5.74, 6) is 0.158. The van der Waals surface area contributed by atoms with Crippen molar-refractivity contribution in [3.63, 3.8) is 0 Å². The molecule has 2 aliphatic rings. The van der Waals surface area contributed by atoms with E-state index in [1.54, 1.807) is 18.2 Å². The Morgan fingerprint density at radius 1 is 1.09 bits per heavy atom. The Hall–Kier alpha value is -4.96. The molecule has 244 valence electrons. The van der Waals surface area contributed by atoms with E-state index < -0.39 is 17.9 Å². The number of aliphatic hydroxyl groups is 1.